The molecule has 1 aliphatic heterocycles. The summed E-state index contributed by atoms with van der Waals surface area (Å²) in [6, 6.07) is -0.0287. The molecule has 1 N–H and O–H groups in total. The highest BCUT2D eigenvalue weighted by atomic mass is 16.5. The molecule has 4 aliphatic rings. The van der Waals surface area contributed by atoms with Crippen LogP contribution in [0.3, 0.4) is 0 Å². The van der Waals surface area contributed by atoms with Crippen LogP contribution in [-0.2, 0) is 9.53 Å². The van der Waals surface area contributed by atoms with Crippen molar-refractivity contribution in [3.63, 3.8) is 0 Å². The standard InChI is InChI=1S/C11H17NO2/c1-14-10(13)9-2-8(6-12-9)11-3-7(4-11)5-11/h7-9,12H,2-6H2,1H3/t7?,8?,9-,11?/m0/s1. The Labute approximate surface area is 84.2 Å². The van der Waals surface area contributed by atoms with E-state index in [9.17, 15) is 4.79 Å². The molecule has 3 heteroatoms. The van der Waals surface area contributed by atoms with Crippen LogP contribution in [0, 0.1) is 17.3 Å². The molecule has 1 heterocycles. The minimum absolute atomic E-state index is 0.0287. The highest BCUT2D eigenvalue weighted by molar-refractivity contribution is 5.76. The first-order chi connectivity index (χ1) is 6.73. The molecule has 3 nitrogen and oxygen atoms in total. The van der Waals surface area contributed by atoms with E-state index < -0.39 is 0 Å². The highest BCUT2D eigenvalue weighted by Gasteiger charge is 2.61. The number of nitrogens with one attached hydrogen (secondary N) is 1. The van der Waals surface area contributed by atoms with E-state index in [2.05, 4.69) is 5.32 Å². The van der Waals surface area contributed by atoms with Crippen molar-refractivity contribution in [1.82, 2.24) is 5.32 Å². The fourth-order valence-corrected chi connectivity index (χ4v) is 3.57. The SMILES string of the molecule is COC(=O)[C@@H]1CC(C23CC(C2)C3)CN1. The van der Waals surface area contributed by atoms with Gasteiger partial charge in [0, 0.05) is 0 Å². The van der Waals surface area contributed by atoms with Crippen LogP contribution >= 0.6 is 0 Å². The molecule has 4 fully saturated rings. The minimum atomic E-state index is -0.0842. The van der Waals surface area contributed by atoms with Crippen LogP contribution in [0.1, 0.15) is 25.7 Å². The summed E-state index contributed by atoms with van der Waals surface area (Å²) in [5, 5.41) is 3.28. The molecule has 4 rings (SSSR count). The van der Waals surface area contributed by atoms with Crippen molar-refractivity contribution in [2.75, 3.05) is 13.7 Å². The molecule has 1 saturated heterocycles. The molecule has 2 bridgehead atoms. The largest absolute Gasteiger partial charge is 0.468 e. The van der Waals surface area contributed by atoms with Gasteiger partial charge in [0.1, 0.15) is 6.04 Å². The number of carbonyl (C=O) groups is 1. The Balaban J connectivity index is 1.61. The number of carbonyl (C=O) groups excluding carboxylic acids is 1. The van der Waals surface area contributed by atoms with Gasteiger partial charge in [-0.25, -0.2) is 0 Å². The molecule has 0 aromatic heterocycles. The molecule has 0 aromatic rings. The number of ether oxygens (including phenoxy) is 1. The maximum Gasteiger partial charge on any atom is 0.322 e. The normalized spacial score (nSPS) is 49.4. The van der Waals surface area contributed by atoms with E-state index >= 15 is 0 Å². The van der Waals surface area contributed by atoms with Crippen molar-refractivity contribution in [2.24, 2.45) is 17.3 Å². The Kier molecular flexibility index (Phi) is 1.69. The quantitative estimate of drug-likeness (QED) is 0.666. The molecular weight excluding hydrogens is 178 g/mol. The van der Waals surface area contributed by atoms with Gasteiger partial charge in [0.15, 0.2) is 0 Å². The van der Waals surface area contributed by atoms with E-state index in [1.807, 2.05) is 0 Å². The van der Waals surface area contributed by atoms with Gasteiger partial charge in [0.05, 0.1) is 7.11 Å². The molecule has 0 amide bonds. The summed E-state index contributed by atoms with van der Waals surface area (Å²) in [7, 11) is 1.47. The lowest BCUT2D eigenvalue weighted by atomic mass is 9.40. The van der Waals surface area contributed by atoms with E-state index in [0.717, 1.165) is 24.8 Å². The van der Waals surface area contributed by atoms with Crippen molar-refractivity contribution in [2.45, 2.75) is 31.7 Å². The third-order valence-corrected chi connectivity index (χ3v) is 4.57. The van der Waals surface area contributed by atoms with Crippen LogP contribution in [0.4, 0.5) is 0 Å². The van der Waals surface area contributed by atoms with Gasteiger partial charge in [0.2, 0.25) is 0 Å². The zero-order valence-corrected chi connectivity index (χ0v) is 8.58. The second-order valence-electron chi connectivity index (χ2n) is 5.26. The van der Waals surface area contributed by atoms with E-state index in [-0.39, 0.29) is 12.0 Å². The molecule has 0 spiro atoms. The zero-order chi connectivity index (χ0) is 9.76. The number of rotatable bonds is 2. The lowest BCUT2D eigenvalue weighted by molar-refractivity contribution is -0.150. The van der Waals surface area contributed by atoms with Crippen molar-refractivity contribution >= 4 is 5.97 Å². The first kappa shape index (κ1) is 8.72. The molecule has 1 unspecified atom stereocenters. The van der Waals surface area contributed by atoms with Crippen molar-refractivity contribution < 1.29 is 9.53 Å². The maximum atomic E-state index is 11.3. The molecule has 0 radical (unpaired) electrons. The molecule has 0 aromatic carbocycles. The van der Waals surface area contributed by atoms with Crippen LogP contribution in [0.2, 0.25) is 0 Å². The van der Waals surface area contributed by atoms with Gasteiger partial charge in [-0.15, -0.1) is 0 Å². The van der Waals surface area contributed by atoms with Gasteiger partial charge in [-0.3, -0.25) is 4.79 Å². The summed E-state index contributed by atoms with van der Waals surface area (Å²) in [6.45, 7) is 1.02. The summed E-state index contributed by atoms with van der Waals surface area (Å²) in [4.78, 5) is 11.3. The molecule has 78 valence electrons. The van der Waals surface area contributed by atoms with E-state index in [1.165, 1.54) is 26.4 Å². The summed E-state index contributed by atoms with van der Waals surface area (Å²) < 4.78 is 4.76. The summed E-state index contributed by atoms with van der Waals surface area (Å²) >= 11 is 0. The van der Waals surface area contributed by atoms with Gasteiger partial charge in [-0.2, -0.15) is 0 Å². The van der Waals surface area contributed by atoms with Gasteiger partial charge in [0.25, 0.3) is 0 Å². The predicted molar refractivity (Wildman–Crippen MR) is 51.7 cm³/mol. The molecule has 2 atom stereocenters. The average Bonchev–Trinajstić information content (AvgIpc) is 2.46. The van der Waals surface area contributed by atoms with Crippen LogP contribution in [0.5, 0.6) is 0 Å². The summed E-state index contributed by atoms with van der Waals surface area (Å²) in [5.74, 6) is 1.68. The Morgan fingerprint density at radius 1 is 1.43 bits per heavy atom. The Morgan fingerprint density at radius 3 is 2.64 bits per heavy atom. The van der Waals surface area contributed by atoms with E-state index in [0.29, 0.717) is 5.41 Å². The zero-order valence-electron chi connectivity index (χ0n) is 8.58. The van der Waals surface area contributed by atoms with Gasteiger partial charge < -0.3 is 10.1 Å². The van der Waals surface area contributed by atoms with Crippen molar-refractivity contribution in [1.29, 1.82) is 0 Å². The third kappa shape index (κ3) is 0.991. The lowest BCUT2D eigenvalue weighted by Crippen LogP contribution is -2.56. The van der Waals surface area contributed by atoms with Gasteiger partial charge >= 0.3 is 5.97 Å². The van der Waals surface area contributed by atoms with Crippen LogP contribution in [0.25, 0.3) is 0 Å². The van der Waals surface area contributed by atoms with Gasteiger partial charge in [-0.05, 0) is 49.5 Å². The first-order valence-corrected chi connectivity index (χ1v) is 5.55. The number of esters is 1. The monoisotopic (exact) mass is 195 g/mol. The first-order valence-electron chi connectivity index (χ1n) is 5.55. The minimum Gasteiger partial charge on any atom is -0.468 e. The predicted octanol–water partition coefficient (Wildman–Crippen LogP) is 0.938. The average molecular weight is 195 g/mol. The topological polar surface area (TPSA) is 38.3 Å². The summed E-state index contributed by atoms with van der Waals surface area (Å²) in [6.07, 6.45) is 5.27. The summed E-state index contributed by atoms with van der Waals surface area (Å²) in [5.41, 5.74) is 0.639. The van der Waals surface area contributed by atoms with Gasteiger partial charge in [-0.1, -0.05) is 0 Å². The second kappa shape index (κ2) is 2.72. The smallest absolute Gasteiger partial charge is 0.322 e. The van der Waals surface area contributed by atoms with E-state index in [4.69, 9.17) is 4.74 Å². The second-order valence-corrected chi connectivity index (χ2v) is 5.26. The number of hydrogen-bond acceptors (Lipinski definition) is 3. The Hall–Kier alpha value is -0.570. The Bertz CT molecular complexity index is 259. The van der Waals surface area contributed by atoms with Crippen molar-refractivity contribution in [3.8, 4) is 0 Å². The van der Waals surface area contributed by atoms with Crippen molar-refractivity contribution in [3.05, 3.63) is 0 Å². The fraction of sp³-hybridized carbons (Fsp3) is 0.909. The van der Waals surface area contributed by atoms with Crippen LogP contribution < -0.4 is 5.32 Å². The molecule has 3 saturated carbocycles. The Morgan fingerprint density at radius 2 is 2.14 bits per heavy atom. The third-order valence-electron chi connectivity index (χ3n) is 4.57. The van der Waals surface area contributed by atoms with Crippen LogP contribution in [-0.4, -0.2) is 25.7 Å². The lowest BCUT2D eigenvalue weighted by Gasteiger charge is -2.65. The van der Waals surface area contributed by atoms with Crippen LogP contribution in [0.15, 0.2) is 0 Å². The molecule has 3 aliphatic carbocycles. The molecule has 14 heavy (non-hydrogen) atoms. The fourth-order valence-electron chi connectivity index (χ4n) is 3.57. The maximum absolute atomic E-state index is 11.3. The highest BCUT2D eigenvalue weighted by Crippen LogP contribution is 2.69. The van der Waals surface area contributed by atoms with E-state index in [1.54, 1.807) is 0 Å². The number of methoxy groups -OCH3 is 1. The molecular formula is C11H17NO2. The number of hydrogen-bond donors (Lipinski definition) is 1.